The van der Waals surface area contributed by atoms with Gasteiger partial charge < -0.3 is 10.6 Å². The van der Waals surface area contributed by atoms with E-state index in [1.807, 2.05) is 44.2 Å². The van der Waals surface area contributed by atoms with Crippen molar-refractivity contribution in [3.63, 3.8) is 0 Å². The Kier molecular flexibility index (Phi) is 8.23. The molecular weight excluding hydrogens is 366 g/mol. The topological polar surface area (TPSA) is 78.5 Å². The number of amides is 4. The van der Waals surface area contributed by atoms with Crippen LogP contribution < -0.4 is 10.6 Å². The van der Waals surface area contributed by atoms with E-state index in [-0.39, 0.29) is 24.4 Å². The summed E-state index contributed by atoms with van der Waals surface area (Å²) in [7, 11) is 0. The van der Waals surface area contributed by atoms with Crippen molar-refractivity contribution in [2.45, 2.75) is 77.8 Å². The number of benzene rings is 1. The first-order chi connectivity index (χ1) is 13.8. The molecule has 1 aliphatic heterocycles. The van der Waals surface area contributed by atoms with Gasteiger partial charge in [-0.2, -0.15) is 0 Å². The van der Waals surface area contributed by atoms with E-state index in [1.165, 1.54) is 0 Å². The minimum atomic E-state index is -1.09. The highest BCUT2D eigenvalue weighted by Crippen LogP contribution is 2.34. The summed E-state index contributed by atoms with van der Waals surface area (Å²) in [4.78, 5) is 39.4. The second-order valence-electron chi connectivity index (χ2n) is 8.49. The van der Waals surface area contributed by atoms with Gasteiger partial charge in [-0.3, -0.25) is 14.5 Å². The zero-order chi connectivity index (χ0) is 21.4. The Morgan fingerprint density at radius 3 is 2.41 bits per heavy atom. The van der Waals surface area contributed by atoms with E-state index in [2.05, 4.69) is 24.5 Å². The summed E-state index contributed by atoms with van der Waals surface area (Å²) in [5, 5.41) is 5.80. The molecule has 1 aromatic rings. The normalized spacial score (nSPS) is 20.1. The molecule has 1 heterocycles. The van der Waals surface area contributed by atoms with Crippen molar-refractivity contribution in [1.29, 1.82) is 0 Å². The van der Waals surface area contributed by atoms with E-state index < -0.39 is 11.6 Å². The Balaban J connectivity index is 2.05. The third-order valence-corrected chi connectivity index (χ3v) is 5.48. The lowest BCUT2D eigenvalue weighted by Crippen LogP contribution is -2.46. The van der Waals surface area contributed by atoms with Gasteiger partial charge in [-0.05, 0) is 31.2 Å². The molecular formula is C23H35N3O3. The van der Waals surface area contributed by atoms with Crippen LogP contribution in [-0.4, -0.2) is 35.3 Å². The van der Waals surface area contributed by atoms with E-state index >= 15 is 0 Å². The van der Waals surface area contributed by atoms with Gasteiger partial charge in [0.15, 0.2) is 0 Å². The third kappa shape index (κ3) is 5.81. The minimum Gasteiger partial charge on any atom is -0.352 e. The summed E-state index contributed by atoms with van der Waals surface area (Å²) in [6.07, 6.45) is 5.26. The molecule has 0 aromatic heterocycles. The second-order valence-corrected chi connectivity index (χ2v) is 8.49. The Hall–Kier alpha value is -2.37. The predicted molar refractivity (Wildman–Crippen MR) is 114 cm³/mol. The van der Waals surface area contributed by atoms with Crippen molar-refractivity contribution in [3.8, 4) is 0 Å². The number of carbonyl (C=O) groups is 3. The maximum atomic E-state index is 13.3. The number of hydrogen-bond donors (Lipinski definition) is 2. The molecule has 2 atom stereocenters. The predicted octanol–water partition coefficient (Wildman–Crippen LogP) is 3.95. The first kappa shape index (κ1) is 22.9. The van der Waals surface area contributed by atoms with Crippen LogP contribution in [-0.2, 0) is 15.1 Å². The van der Waals surface area contributed by atoms with E-state index in [1.54, 1.807) is 0 Å². The van der Waals surface area contributed by atoms with Crippen molar-refractivity contribution in [2.75, 3.05) is 6.54 Å². The summed E-state index contributed by atoms with van der Waals surface area (Å²) >= 11 is 0. The van der Waals surface area contributed by atoms with Gasteiger partial charge in [0.05, 0.1) is 0 Å². The van der Waals surface area contributed by atoms with Gasteiger partial charge in [-0.15, -0.1) is 0 Å². The van der Waals surface area contributed by atoms with Crippen LogP contribution in [0.2, 0.25) is 0 Å². The minimum absolute atomic E-state index is 0.0148. The number of rotatable bonds is 11. The van der Waals surface area contributed by atoms with Crippen LogP contribution in [0, 0.1) is 5.92 Å². The lowest BCUT2D eigenvalue weighted by Gasteiger charge is -2.27. The molecule has 2 N–H and O–H groups in total. The van der Waals surface area contributed by atoms with Crippen LogP contribution in [0.5, 0.6) is 0 Å². The molecule has 6 heteroatoms. The average molecular weight is 402 g/mol. The van der Waals surface area contributed by atoms with Crippen LogP contribution >= 0.6 is 0 Å². The van der Waals surface area contributed by atoms with Crippen molar-refractivity contribution < 1.29 is 14.4 Å². The van der Waals surface area contributed by atoms with Crippen molar-refractivity contribution in [1.82, 2.24) is 15.5 Å². The maximum Gasteiger partial charge on any atom is 0.325 e. The van der Waals surface area contributed by atoms with Gasteiger partial charge in [-0.25, -0.2) is 4.79 Å². The van der Waals surface area contributed by atoms with Gasteiger partial charge in [0.25, 0.3) is 5.91 Å². The summed E-state index contributed by atoms with van der Waals surface area (Å²) in [5.74, 6) is -0.00675. The highest BCUT2D eigenvalue weighted by molar-refractivity contribution is 6.09. The number of hydrogen-bond acceptors (Lipinski definition) is 3. The number of urea groups is 1. The molecule has 29 heavy (non-hydrogen) atoms. The average Bonchev–Trinajstić information content (AvgIpc) is 2.91. The smallest absolute Gasteiger partial charge is 0.325 e. The molecule has 6 nitrogen and oxygen atoms in total. The van der Waals surface area contributed by atoms with Crippen LogP contribution in [0.1, 0.15) is 71.8 Å². The molecule has 1 aliphatic rings. The van der Waals surface area contributed by atoms with Gasteiger partial charge in [-0.1, -0.05) is 76.8 Å². The van der Waals surface area contributed by atoms with Gasteiger partial charge in [0, 0.05) is 6.04 Å². The number of unbranched alkanes of at least 4 members (excludes halogenated alkanes) is 1. The van der Waals surface area contributed by atoms with Crippen molar-refractivity contribution >= 4 is 17.8 Å². The number of nitrogens with zero attached hydrogens (tertiary/aromatic N) is 1. The zero-order valence-electron chi connectivity index (χ0n) is 18.2. The SMILES string of the molecule is CCCCC1(c2ccccc2)NC(=O)N(CC(=O)NC(C)CCCC(C)C)C1=O. The molecule has 2 rings (SSSR count). The van der Waals surface area contributed by atoms with Crippen molar-refractivity contribution in [2.24, 2.45) is 5.92 Å². The van der Waals surface area contributed by atoms with Gasteiger partial charge in [0.1, 0.15) is 12.1 Å². The highest BCUT2D eigenvalue weighted by atomic mass is 16.2. The maximum absolute atomic E-state index is 13.3. The highest BCUT2D eigenvalue weighted by Gasteiger charge is 2.52. The van der Waals surface area contributed by atoms with Gasteiger partial charge >= 0.3 is 6.03 Å². The Morgan fingerprint density at radius 1 is 1.10 bits per heavy atom. The molecule has 1 saturated heterocycles. The lowest BCUT2D eigenvalue weighted by molar-refractivity contribution is -0.135. The molecule has 0 bridgehead atoms. The van der Waals surface area contributed by atoms with Crippen molar-refractivity contribution in [3.05, 3.63) is 35.9 Å². The van der Waals surface area contributed by atoms with E-state index in [4.69, 9.17) is 0 Å². The molecule has 1 fully saturated rings. The molecule has 4 amide bonds. The first-order valence-electron chi connectivity index (χ1n) is 10.8. The monoisotopic (exact) mass is 401 g/mol. The van der Waals surface area contributed by atoms with E-state index in [0.717, 1.165) is 42.6 Å². The molecule has 1 aromatic carbocycles. The molecule has 0 aliphatic carbocycles. The Bertz CT molecular complexity index is 705. The number of nitrogens with one attached hydrogen (secondary N) is 2. The summed E-state index contributed by atoms with van der Waals surface area (Å²) in [5.41, 5.74) is -0.325. The molecule has 0 spiro atoms. The molecule has 160 valence electrons. The summed E-state index contributed by atoms with van der Waals surface area (Å²) in [6.45, 7) is 8.11. The van der Waals surface area contributed by atoms with Crippen LogP contribution in [0.3, 0.4) is 0 Å². The van der Waals surface area contributed by atoms with Crippen LogP contribution in [0.25, 0.3) is 0 Å². The van der Waals surface area contributed by atoms with Crippen LogP contribution in [0.4, 0.5) is 4.79 Å². The number of imide groups is 1. The third-order valence-electron chi connectivity index (χ3n) is 5.48. The molecule has 2 unspecified atom stereocenters. The Labute approximate surface area is 174 Å². The standard InChI is InChI=1S/C23H35N3O3/c1-5-6-15-23(19-13-8-7-9-14-19)21(28)26(22(29)25-23)16-20(27)24-18(4)12-10-11-17(2)3/h7-9,13-14,17-18H,5-6,10-12,15-16H2,1-4H3,(H,24,27)(H,25,29). The molecule has 0 radical (unpaired) electrons. The Morgan fingerprint density at radius 2 is 1.79 bits per heavy atom. The fourth-order valence-corrected chi connectivity index (χ4v) is 3.81. The lowest BCUT2D eigenvalue weighted by atomic mass is 9.85. The quantitative estimate of drug-likeness (QED) is 0.551. The summed E-state index contributed by atoms with van der Waals surface area (Å²) < 4.78 is 0. The van der Waals surface area contributed by atoms with E-state index in [0.29, 0.717) is 12.3 Å². The van der Waals surface area contributed by atoms with Crippen LogP contribution in [0.15, 0.2) is 30.3 Å². The molecule has 0 saturated carbocycles. The summed E-state index contributed by atoms with van der Waals surface area (Å²) in [6, 6.07) is 8.82. The first-order valence-corrected chi connectivity index (χ1v) is 10.8. The largest absolute Gasteiger partial charge is 0.352 e. The fourth-order valence-electron chi connectivity index (χ4n) is 3.81. The van der Waals surface area contributed by atoms with E-state index in [9.17, 15) is 14.4 Å². The van der Waals surface area contributed by atoms with Gasteiger partial charge in [0.2, 0.25) is 5.91 Å². The fraction of sp³-hybridized carbons (Fsp3) is 0.609. The number of carbonyl (C=O) groups excluding carboxylic acids is 3. The second kappa shape index (κ2) is 10.4. The zero-order valence-corrected chi connectivity index (χ0v) is 18.2.